The molecule has 0 aromatic carbocycles. The summed E-state index contributed by atoms with van der Waals surface area (Å²) in [5, 5.41) is 12.3. The minimum absolute atomic E-state index is 0.0927. The summed E-state index contributed by atoms with van der Waals surface area (Å²) in [4.78, 5) is 0. The number of nitrogens with zero attached hydrogens (tertiary/aromatic N) is 1. The molecule has 0 rings (SSSR count). The van der Waals surface area contributed by atoms with Gasteiger partial charge in [-0.2, -0.15) is 21.6 Å². The molecule has 0 fully saturated rings. The van der Waals surface area contributed by atoms with Crippen molar-refractivity contribution < 1.29 is 31.0 Å². The Morgan fingerprint density at radius 2 is 2.00 bits per heavy atom. The molecule has 0 bridgehead atoms. The molecule has 0 aromatic rings. The Hall–Kier alpha value is -1.09. The van der Waals surface area contributed by atoms with Gasteiger partial charge < -0.3 is 5.11 Å². The molecule has 1 unspecified atom stereocenters. The third-order valence-electron chi connectivity index (χ3n) is 1.99. The van der Waals surface area contributed by atoms with Gasteiger partial charge in [0.2, 0.25) is 0 Å². The summed E-state index contributed by atoms with van der Waals surface area (Å²) < 4.78 is 60.1. The van der Waals surface area contributed by atoms with E-state index >= 15 is 0 Å². The van der Waals surface area contributed by atoms with E-state index in [-0.39, 0.29) is 12.1 Å². The van der Waals surface area contributed by atoms with Gasteiger partial charge in [-0.1, -0.05) is 18.7 Å². The maximum Gasteiger partial charge on any atom is 0.536 e. The van der Waals surface area contributed by atoms with E-state index in [4.69, 9.17) is 0 Å². The maximum atomic E-state index is 11.9. The van der Waals surface area contributed by atoms with Crippen molar-refractivity contribution >= 4 is 15.8 Å². The van der Waals surface area contributed by atoms with Crippen LogP contribution >= 0.6 is 0 Å². The average Bonchev–Trinajstić information content (AvgIpc) is 2.23. The lowest BCUT2D eigenvalue weighted by Gasteiger charge is -2.11. The molecular formula is C9H14F3NO4S. The van der Waals surface area contributed by atoms with Crippen LogP contribution in [0.25, 0.3) is 0 Å². The van der Waals surface area contributed by atoms with Crippen molar-refractivity contribution in [1.82, 2.24) is 0 Å². The predicted octanol–water partition coefficient (Wildman–Crippen LogP) is 1.95. The molecule has 0 saturated carbocycles. The van der Waals surface area contributed by atoms with Crippen LogP contribution in [0.3, 0.4) is 0 Å². The third-order valence-corrected chi connectivity index (χ3v) is 2.83. The first-order chi connectivity index (χ1) is 8.01. The molecular weight excluding hydrogens is 275 g/mol. The number of oxime groups is 1. The molecule has 0 aromatic heterocycles. The van der Waals surface area contributed by atoms with Gasteiger partial charge in [0.25, 0.3) is 0 Å². The van der Waals surface area contributed by atoms with Crippen LogP contribution in [0.1, 0.15) is 26.7 Å². The topological polar surface area (TPSA) is 76.0 Å². The molecule has 0 spiro atoms. The quantitative estimate of drug-likeness (QED) is 0.351. The fraction of sp³-hybridized carbons (Fsp3) is 0.667. The van der Waals surface area contributed by atoms with Crippen LogP contribution in [0.2, 0.25) is 0 Å². The Kier molecular flexibility index (Phi) is 5.81. The van der Waals surface area contributed by atoms with E-state index in [1.54, 1.807) is 6.92 Å². The maximum absolute atomic E-state index is 11.9. The SMILES string of the molecule is C=C(CC)C(O)CC(C)=NOS(=O)(=O)C(F)(F)F. The van der Waals surface area contributed by atoms with Crippen molar-refractivity contribution in [1.29, 1.82) is 0 Å². The number of hydrogen-bond acceptors (Lipinski definition) is 5. The fourth-order valence-electron chi connectivity index (χ4n) is 0.852. The van der Waals surface area contributed by atoms with Crippen molar-refractivity contribution in [2.24, 2.45) is 5.16 Å². The van der Waals surface area contributed by atoms with Crippen LogP contribution in [0, 0.1) is 0 Å². The van der Waals surface area contributed by atoms with E-state index in [0.29, 0.717) is 12.0 Å². The molecule has 5 nitrogen and oxygen atoms in total. The summed E-state index contributed by atoms with van der Waals surface area (Å²) in [5.41, 5.74) is -5.16. The molecule has 0 aliphatic heterocycles. The predicted molar refractivity (Wildman–Crippen MR) is 59.2 cm³/mol. The Morgan fingerprint density at radius 1 is 1.50 bits per heavy atom. The normalized spacial score (nSPS) is 15.3. The molecule has 0 aliphatic carbocycles. The van der Waals surface area contributed by atoms with Gasteiger partial charge in [0.1, 0.15) is 0 Å². The van der Waals surface area contributed by atoms with Crippen molar-refractivity contribution in [2.75, 3.05) is 0 Å². The van der Waals surface area contributed by atoms with Gasteiger partial charge >= 0.3 is 15.6 Å². The van der Waals surface area contributed by atoms with Crippen molar-refractivity contribution in [3.8, 4) is 0 Å². The molecule has 0 aliphatic rings. The molecule has 0 amide bonds. The van der Waals surface area contributed by atoms with Gasteiger partial charge in [-0.3, -0.25) is 4.28 Å². The molecule has 106 valence electrons. The molecule has 0 heterocycles. The summed E-state index contributed by atoms with van der Waals surface area (Å²) in [6, 6.07) is 0. The average molecular weight is 289 g/mol. The minimum atomic E-state index is -5.75. The lowest BCUT2D eigenvalue weighted by atomic mass is 10.0. The van der Waals surface area contributed by atoms with Crippen molar-refractivity contribution in [2.45, 2.75) is 38.3 Å². The van der Waals surface area contributed by atoms with Crippen LogP contribution in [-0.2, 0) is 14.4 Å². The van der Waals surface area contributed by atoms with Crippen LogP contribution in [0.15, 0.2) is 17.3 Å². The Bertz CT molecular complexity index is 428. The number of alkyl halides is 3. The molecule has 9 heteroatoms. The Balaban J connectivity index is 4.60. The van der Waals surface area contributed by atoms with E-state index in [1.165, 1.54) is 6.92 Å². The van der Waals surface area contributed by atoms with Crippen molar-refractivity contribution in [3.05, 3.63) is 12.2 Å². The van der Waals surface area contributed by atoms with E-state index in [1.807, 2.05) is 0 Å². The first-order valence-electron chi connectivity index (χ1n) is 4.90. The largest absolute Gasteiger partial charge is 0.536 e. The highest BCUT2D eigenvalue weighted by Gasteiger charge is 2.49. The minimum Gasteiger partial charge on any atom is -0.388 e. The summed E-state index contributed by atoms with van der Waals surface area (Å²) in [6.45, 7) is 6.50. The number of aliphatic hydroxyl groups excluding tert-OH is 1. The summed E-state index contributed by atoms with van der Waals surface area (Å²) >= 11 is 0. The number of rotatable bonds is 6. The second kappa shape index (κ2) is 6.19. The summed E-state index contributed by atoms with van der Waals surface area (Å²) in [7, 11) is -5.75. The second-order valence-electron chi connectivity index (χ2n) is 3.53. The lowest BCUT2D eigenvalue weighted by molar-refractivity contribution is -0.0541. The van der Waals surface area contributed by atoms with Crippen LogP contribution in [0.4, 0.5) is 13.2 Å². The molecule has 0 saturated heterocycles. The zero-order valence-electron chi connectivity index (χ0n) is 9.86. The molecule has 18 heavy (non-hydrogen) atoms. The molecule has 1 N–H and O–H groups in total. The smallest absolute Gasteiger partial charge is 0.388 e. The highest BCUT2D eigenvalue weighted by Crippen LogP contribution is 2.24. The van der Waals surface area contributed by atoms with Gasteiger partial charge in [-0.25, -0.2) is 0 Å². The molecule has 0 radical (unpaired) electrons. The van der Waals surface area contributed by atoms with E-state index in [0.717, 1.165) is 0 Å². The van der Waals surface area contributed by atoms with Crippen molar-refractivity contribution in [3.63, 3.8) is 0 Å². The Morgan fingerprint density at radius 3 is 2.39 bits per heavy atom. The van der Waals surface area contributed by atoms with Crippen LogP contribution in [0.5, 0.6) is 0 Å². The van der Waals surface area contributed by atoms with Crippen LogP contribution in [-0.4, -0.2) is 30.8 Å². The van der Waals surface area contributed by atoms with Gasteiger partial charge in [0.15, 0.2) is 0 Å². The van der Waals surface area contributed by atoms with Gasteiger partial charge in [-0.15, -0.1) is 0 Å². The zero-order chi connectivity index (χ0) is 14.6. The zero-order valence-corrected chi connectivity index (χ0v) is 10.7. The van der Waals surface area contributed by atoms with E-state index in [2.05, 4.69) is 16.0 Å². The highest BCUT2D eigenvalue weighted by molar-refractivity contribution is 7.87. The lowest BCUT2D eigenvalue weighted by Crippen LogP contribution is -2.24. The van der Waals surface area contributed by atoms with E-state index < -0.39 is 21.7 Å². The second-order valence-corrected chi connectivity index (χ2v) is 5.05. The number of halogens is 3. The summed E-state index contributed by atoms with van der Waals surface area (Å²) in [6.07, 6.45) is -0.674. The first-order valence-corrected chi connectivity index (χ1v) is 6.31. The van der Waals surface area contributed by atoms with Gasteiger partial charge in [0, 0.05) is 6.42 Å². The highest BCUT2D eigenvalue weighted by atomic mass is 32.2. The Labute approximate surface area is 103 Å². The molecule has 1 atom stereocenters. The number of hydrogen-bond donors (Lipinski definition) is 1. The first kappa shape index (κ1) is 16.9. The van der Waals surface area contributed by atoms with Gasteiger partial charge in [-0.05, 0) is 18.9 Å². The van der Waals surface area contributed by atoms with Crippen LogP contribution < -0.4 is 0 Å². The summed E-state index contributed by atoms with van der Waals surface area (Å²) in [5.74, 6) is 0. The van der Waals surface area contributed by atoms with E-state index in [9.17, 15) is 26.7 Å². The third kappa shape index (κ3) is 5.05. The fourth-order valence-corrected chi connectivity index (χ4v) is 1.16. The monoisotopic (exact) mass is 289 g/mol. The number of aliphatic hydroxyl groups is 1. The van der Waals surface area contributed by atoms with Gasteiger partial charge in [0.05, 0.1) is 11.8 Å². The standard InChI is InChI=1S/C9H14F3NO4S/c1-4-6(2)8(14)5-7(3)13-17-18(15,16)9(10,11)12/h8,14H,2,4-5H2,1,3H3.